The van der Waals surface area contributed by atoms with E-state index in [9.17, 15) is 9.59 Å². The number of rotatable bonds is 3. The maximum absolute atomic E-state index is 12.9. The van der Waals surface area contributed by atoms with Crippen LogP contribution in [0.15, 0.2) is 52.0 Å². The first-order chi connectivity index (χ1) is 14.0. The number of halogens is 2. The van der Waals surface area contributed by atoms with Gasteiger partial charge in [0.2, 0.25) is 0 Å². The molecule has 0 N–H and O–H groups in total. The van der Waals surface area contributed by atoms with Gasteiger partial charge < -0.3 is 4.42 Å². The van der Waals surface area contributed by atoms with Gasteiger partial charge in [-0.05, 0) is 60.4 Å². The molecule has 2 aromatic rings. The fraction of sp³-hybridized carbons (Fsp3) is 0.318. The van der Waals surface area contributed by atoms with E-state index in [2.05, 4.69) is 17.3 Å². The molecule has 4 atom stereocenters. The van der Waals surface area contributed by atoms with Crippen LogP contribution in [0.3, 0.4) is 0 Å². The summed E-state index contributed by atoms with van der Waals surface area (Å²) in [5.74, 6) is 0.446. The summed E-state index contributed by atoms with van der Waals surface area (Å²) in [4.78, 5) is 25.9. The van der Waals surface area contributed by atoms with Crippen molar-refractivity contribution in [2.75, 3.05) is 0 Å². The number of carbonyl (C=O) groups excluding carboxylic acids is 2. The van der Waals surface area contributed by atoms with Crippen LogP contribution in [-0.2, 0) is 9.59 Å². The summed E-state index contributed by atoms with van der Waals surface area (Å²) >= 11 is 12.3. The fourth-order valence-corrected chi connectivity index (χ4v) is 5.93. The number of imide groups is 1. The minimum atomic E-state index is -0.255. The second-order valence-electron chi connectivity index (χ2n) is 8.28. The van der Waals surface area contributed by atoms with Crippen LogP contribution in [0.4, 0.5) is 0 Å². The highest BCUT2D eigenvalue weighted by atomic mass is 35.5. The first kappa shape index (κ1) is 17.5. The first-order valence-corrected chi connectivity index (χ1v) is 10.4. The Kier molecular flexibility index (Phi) is 3.52. The van der Waals surface area contributed by atoms with Crippen molar-refractivity contribution in [3.8, 4) is 11.3 Å². The molecule has 7 heteroatoms. The van der Waals surface area contributed by atoms with Gasteiger partial charge in [0.1, 0.15) is 11.5 Å². The summed E-state index contributed by atoms with van der Waals surface area (Å²) in [7, 11) is 0. The van der Waals surface area contributed by atoms with E-state index in [4.69, 9.17) is 27.6 Å². The van der Waals surface area contributed by atoms with Crippen molar-refractivity contribution in [1.82, 2.24) is 5.01 Å². The summed E-state index contributed by atoms with van der Waals surface area (Å²) in [5, 5.41) is 6.28. The van der Waals surface area contributed by atoms with Gasteiger partial charge in [-0.1, -0.05) is 35.4 Å². The van der Waals surface area contributed by atoms with Crippen molar-refractivity contribution in [1.29, 1.82) is 0 Å². The zero-order valence-electron chi connectivity index (χ0n) is 15.2. The molecule has 1 aliphatic heterocycles. The molecule has 29 heavy (non-hydrogen) atoms. The molecule has 2 saturated carbocycles. The predicted octanol–water partition coefficient (Wildman–Crippen LogP) is 4.78. The Morgan fingerprint density at radius 1 is 1.03 bits per heavy atom. The lowest BCUT2D eigenvalue weighted by atomic mass is 9.85. The quantitative estimate of drug-likeness (QED) is 0.402. The minimum Gasteiger partial charge on any atom is -0.455 e. The van der Waals surface area contributed by atoms with E-state index in [1.807, 2.05) is 0 Å². The van der Waals surface area contributed by atoms with Crippen molar-refractivity contribution in [2.45, 2.75) is 12.8 Å². The summed E-state index contributed by atoms with van der Waals surface area (Å²) in [6, 6.07) is 8.59. The molecule has 3 aliphatic carbocycles. The van der Waals surface area contributed by atoms with Gasteiger partial charge in [-0.2, -0.15) is 10.1 Å². The number of amides is 2. The van der Waals surface area contributed by atoms with Gasteiger partial charge in [0, 0.05) is 10.6 Å². The third-order valence-corrected chi connectivity index (χ3v) is 7.52. The van der Waals surface area contributed by atoms with E-state index in [-0.39, 0.29) is 40.9 Å². The van der Waals surface area contributed by atoms with E-state index in [0.717, 1.165) is 17.9 Å². The lowest BCUT2D eigenvalue weighted by molar-refractivity contribution is -0.141. The summed E-state index contributed by atoms with van der Waals surface area (Å²) in [6.07, 6.45) is 7.93. The van der Waals surface area contributed by atoms with Crippen molar-refractivity contribution in [3.05, 3.63) is 58.3 Å². The van der Waals surface area contributed by atoms with E-state index in [0.29, 0.717) is 27.1 Å². The number of nitrogens with zero attached hydrogens (tertiary/aromatic N) is 2. The highest BCUT2D eigenvalue weighted by molar-refractivity contribution is 6.35. The van der Waals surface area contributed by atoms with Gasteiger partial charge in [0.25, 0.3) is 11.8 Å². The molecule has 2 bridgehead atoms. The Morgan fingerprint density at radius 3 is 2.38 bits per heavy atom. The Bertz CT molecular complexity index is 1100. The fourth-order valence-electron chi connectivity index (χ4n) is 5.54. The largest absolute Gasteiger partial charge is 0.455 e. The summed E-state index contributed by atoms with van der Waals surface area (Å²) in [5.41, 5.74) is 0.849. The van der Waals surface area contributed by atoms with Crippen LogP contribution in [0.5, 0.6) is 0 Å². The van der Waals surface area contributed by atoms with Gasteiger partial charge in [-0.3, -0.25) is 9.59 Å². The van der Waals surface area contributed by atoms with Crippen LogP contribution in [0.1, 0.15) is 18.6 Å². The van der Waals surface area contributed by atoms with Gasteiger partial charge in [-0.15, -0.1) is 0 Å². The van der Waals surface area contributed by atoms with Gasteiger partial charge >= 0.3 is 0 Å². The molecular weight excluding hydrogens is 411 g/mol. The van der Waals surface area contributed by atoms with Gasteiger partial charge in [-0.25, -0.2) is 0 Å². The van der Waals surface area contributed by atoms with Crippen molar-refractivity contribution in [3.63, 3.8) is 0 Å². The second-order valence-corrected chi connectivity index (χ2v) is 9.12. The third kappa shape index (κ3) is 2.31. The number of hydrazone groups is 1. The van der Waals surface area contributed by atoms with E-state index in [1.165, 1.54) is 6.21 Å². The molecule has 1 aromatic carbocycles. The average molecular weight is 427 g/mol. The summed E-state index contributed by atoms with van der Waals surface area (Å²) in [6.45, 7) is 0. The smallest absolute Gasteiger partial charge is 0.254 e. The number of carbonyl (C=O) groups is 2. The maximum atomic E-state index is 12.9. The van der Waals surface area contributed by atoms with Crippen LogP contribution in [0.25, 0.3) is 11.3 Å². The lowest BCUT2D eigenvalue weighted by Crippen LogP contribution is -2.30. The number of fused-ring (bicyclic) bond motifs is 3. The Labute approximate surface area is 177 Å². The molecule has 3 fully saturated rings. The molecule has 0 radical (unpaired) electrons. The number of hydrogen-bond acceptors (Lipinski definition) is 4. The number of benzene rings is 1. The SMILES string of the molecule is O=C1[C@@H]2[C@@H](C(=O)N1/N=C\c1ccc(-c3cc(Cl)ccc3Cl)o1)[C@@H]1C=C[C@@H]2C12CC2. The molecule has 2 amide bonds. The molecule has 6 rings (SSSR count). The van der Waals surface area contributed by atoms with Crippen molar-refractivity contribution >= 4 is 41.2 Å². The average Bonchev–Trinajstić information content (AvgIpc) is 2.99. The van der Waals surface area contributed by atoms with Crippen LogP contribution >= 0.6 is 23.2 Å². The molecule has 0 unspecified atom stereocenters. The topological polar surface area (TPSA) is 62.9 Å². The van der Waals surface area contributed by atoms with Crippen LogP contribution < -0.4 is 0 Å². The first-order valence-electron chi connectivity index (χ1n) is 9.65. The highest BCUT2D eigenvalue weighted by Crippen LogP contribution is 2.73. The van der Waals surface area contributed by atoms with Crippen LogP contribution in [0.2, 0.25) is 10.0 Å². The molecule has 1 spiro atoms. The Balaban J connectivity index is 1.25. The van der Waals surface area contributed by atoms with Gasteiger partial charge in [0.05, 0.1) is 23.1 Å². The van der Waals surface area contributed by atoms with Crippen molar-refractivity contribution < 1.29 is 14.0 Å². The lowest BCUT2D eigenvalue weighted by Gasteiger charge is -2.18. The van der Waals surface area contributed by atoms with E-state index >= 15 is 0 Å². The zero-order valence-corrected chi connectivity index (χ0v) is 16.7. The zero-order chi connectivity index (χ0) is 19.9. The molecule has 146 valence electrons. The monoisotopic (exact) mass is 426 g/mol. The minimum absolute atomic E-state index is 0.183. The highest BCUT2D eigenvalue weighted by Gasteiger charge is 2.73. The van der Waals surface area contributed by atoms with E-state index < -0.39 is 0 Å². The molecule has 4 aliphatic rings. The Morgan fingerprint density at radius 2 is 1.72 bits per heavy atom. The van der Waals surface area contributed by atoms with E-state index in [1.54, 1.807) is 30.3 Å². The maximum Gasteiger partial charge on any atom is 0.254 e. The van der Waals surface area contributed by atoms with Crippen LogP contribution in [0, 0.1) is 29.1 Å². The number of furan rings is 1. The Hall–Kier alpha value is -2.37. The standard InChI is InChI=1S/C22H16Cl2N2O3/c23-11-1-5-16(24)13(9-11)17-6-2-12(29-17)10-25-26-20(27)18-14-3-4-15(19(18)21(26)28)22(14)7-8-22/h1-6,9-10,14-15,18-19H,7-8H2/b25-10-/t14-,15-,18-,19-/m0/s1. The number of allylic oxidation sites excluding steroid dienone is 2. The molecule has 1 aromatic heterocycles. The normalized spacial score (nSPS) is 30.9. The van der Waals surface area contributed by atoms with Crippen LogP contribution in [-0.4, -0.2) is 23.0 Å². The third-order valence-electron chi connectivity index (χ3n) is 6.95. The molecule has 2 heterocycles. The van der Waals surface area contributed by atoms with Crippen molar-refractivity contribution in [2.24, 2.45) is 34.2 Å². The molecule has 1 saturated heterocycles. The number of hydrogen-bond donors (Lipinski definition) is 0. The summed E-state index contributed by atoms with van der Waals surface area (Å²) < 4.78 is 5.77. The van der Waals surface area contributed by atoms with Gasteiger partial charge in [0.15, 0.2) is 0 Å². The predicted molar refractivity (Wildman–Crippen MR) is 108 cm³/mol. The molecular formula is C22H16Cl2N2O3. The second kappa shape index (κ2) is 5.83. The molecule has 5 nitrogen and oxygen atoms in total.